The van der Waals surface area contributed by atoms with Crippen LogP contribution < -0.4 is 4.74 Å². The molecule has 0 bridgehead atoms. The molecule has 0 aliphatic carbocycles. The van der Waals surface area contributed by atoms with E-state index in [1.807, 2.05) is 24.3 Å². The van der Waals surface area contributed by atoms with Crippen LogP contribution in [0.4, 0.5) is 4.39 Å². The number of rotatable bonds is 5. The van der Waals surface area contributed by atoms with Gasteiger partial charge in [-0.05, 0) is 40.8 Å². The van der Waals surface area contributed by atoms with Gasteiger partial charge in [0.2, 0.25) is 5.89 Å². The molecule has 2 heterocycles. The zero-order chi connectivity index (χ0) is 17.1. The van der Waals surface area contributed by atoms with Crippen LogP contribution in [0.3, 0.4) is 0 Å². The van der Waals surface area contributed by atoms with Crippen LogP contribution in [-0.2, 0) is 6.61 Å². The number of benzene rings is 2. The van der Waals surface area contributed by atoms with Gasteiger partial charge in [-0.15, -0.1) is 5.10 Å². The fourth-order valence-corrected chi connectivity index (χ4v) is 2.28. The third-order valence-electron chi connectivity index (χ3n) is 3.44. The second-order valence-corrected chi connectivity index (χ2v) is 5.19. The van der Waals surface area contributed by atoms with Gasteiger partial charge < -0.3 is 9.15 Å². The van der Waals surface area contributed by atoms with E-state index < -0.39 is 0 Å². The second kappa shape index (κ2) is 6.52. The van der Waals surface area contributed by atoms with E-state index in [0.29, 0.717) is 22.9 Å². The monoisotopic (exact) mass is 337 g/mol. The molecule has 0 aliphatic rings. The summed E-state index contributed by atoms with van der Waals surface area (Å²) in [6.07, 6.45) is 2.99. The molecule has 0 unspecified atom stereocenters. The lowest BCUT2D eigenvalue weighted by Gasteiger charge is -2.05. The Morgan fingerprint density at radius 2 is 2.04 bits per heavy atom. The molecular weight excluding hydrogens is 325 g/mol. The number of tetrazole rings is 1. The molecule has 0 saturated carbocycles. The molecule has 4 aromatic rings. The van der Waals surface area contributed by atoms with E-state index in [0.717, 1.165) is 5.69 Å². The van der Waals surface area contributed by atoms with Gasteiger partial charge in [0.05, 0.1) is 5.69 Å². The number of halogens is 1. The molecule has 2 aromatic heterocycles. The summed E-state index contributed by atoms with van der Waals surface area (Å²) in [5.74, 6) is 0.650. The van der Waals surface area contributed by atoms with E-state index in [1.54, 1.807) is 12.1 Å². The lowest BCUT2D eigenvalue weighted by atomic mass is 10.2. The summed E-state index contributed by atoms with van der Waals surface area (Å²) in [5, 5.41) is 11.0. The van der Waals surface area contributed by atoms with E-state index in [4.69, 9.17) is 9.15 Å². The lowest BCUT2D eigenvalue weighted by Crippen LogP contribution is -1.98. The Balaban J connectivity index is 1.46. The Bertz CT molecular complexity index is 984. The zero-order valence-electron chi connectivity index (χ0n) is 12.9. The molecule has 0 amide bonds. The van der Waals surface area contributed by atoms with Crippen molar-refractivity contribution in [1.29, 1.82) is 0 Å². The molecule has 7 nitrogen and oxygen atoms in total. The normalized spacial score (nSPS) is 10.8. The molecular formula is C17H12FN5O2. The maximum atomic E-state index is 13.3. The van der Waals surface area contributed by atoms with Gasteiger partial charge in [0.25, 0.3) is 0 Å². The minimum atomic E-state index is -0.340. The van der Waals surface area contributed by atoms with Crippen LogP contribution >= 0.6 is 0 Å². The van der Waals surface area contributed by atoms with Gasteiger partial charge in [-0.2, -0.15) is 0 Å². The van der Waals surface area contributed by atoms with Gasteiger partial charge in [0.15, 0.2) is 0 Å². The topological polar surface area (TPSA) is 78.9 Å². The number of hydrogen-bond acceptors (Lipinski definition) is 6. The molecule has 4 rings (SSSR count). The molecule has 124 valence electrons. The molecule has 8 heteroatoms. The number of ether oxygens (including phenoxy) is 1. The van der Waals surface area contributed by atoms with Crippen molar-refractivity contribution in [2.24, 2.45) is 0 Å². The highest BCUT2D eigenvalue weighted by molar-refractivity contribution is 5.52. The zero-order valence-corrected chi connectivity index (χ0v) is 12.9. The fourth-order valence-electron chi connectivity index (χ4n) is 2.28. The van der Waals surface area contributed by atoms with Crippen LogP contribution in [0, 0.1) is 5.82 Å². The third-order valence-corrected chi connectivity index (χ3v) is 3.44. The van der Waals surface area contributed by atoms with Crippen LogP contribution in [0.1, 0.15) is 5.69 Å². The maximum absolute atomic E-state index is 13.3. The molecule has 0 atom stereocenters. The van der Waals surface area contributed by atoms with Crippen LogP contribution in [0.2, 0.25) is 0 Å². The van der Waals surface area contributed by atoms with Crippen LogP contribution in [-0.4, -0.2) is 25.2 Å². The third kappa shape index (κ3) is 3.37. The minimum absolute atomic E-state index is 0.220. The van der Waals surface area contributed by atoms with Crippen molar-refractivity contribution in [2.75, 3.05) is 0 Å². The van der Waals surface area contributed by atoms with E-state index in [1.165, 1.54) is 29.4 Å². The molecule has 0 saturated heterocycles. The second-order valence-electron chi connectivity index (χ2n) is 5.19. The Morgan fingerprint density at radius 3 is 2.88 bits per heavy atom. The van der Waals surface area contributed by atoms with Crippen molar-refractivity contribution < 1.29 is 13.5 Å². The average molecular weight is 337 g/mol. The quantitative estimate of drug-likeness (QED) is 0.557. The summed E-state index contributed by atoms with van der Waals surface area (Å²) in [4.78, 5) is 4.31. The maximum Gasteiger partial charge on any atom is 0.226 e. The average Bonchev–Trinajstić information content (AvgIpc) is 3.32. The van der Waals surface area contributed by atoms with Crippen molar-refractivity contribution in [3.8, 4) is 22.9 Å². The van der Waals surface area contributed by atoms with Crippen molar-refractivity contribution in [1.82, 2.24) is 25.2 Å². The molecule has 0 radical (unpaired) electrons. The van der Waals surface area contributed by atoms with Gasteiger partial charge in [-0.1, -0.05) is 12.1 Å². The summed E-state index contributed by atoms with van der Waals surface area (Å²) >= 11 is 0. The molecule has 0 spiro atoms. The van der Waals surface area contributed by atoms with Crippen molar-refractivity contribution in [3.63, 3.8) is 0 Å². The Labute approximate surface area is 141 Å². The fraction of sp³-hybridized carbons (Fsp3) is 0.0588. The van der Waals surface area contributed by atoms with Gasteiger partial charge in [0, 0.05) is 11.6 Å². The van der Waals surface area contributed by atoms with E-state index in [-0.39, 0.29) is 12.4 Å². The van der Waals surface area contributed by atoms with Gasteiger partial charge in [-0.25, -0.2) is 14.1 Å². The first-order valence-electron chi connectivity index (χ1n) is 7.44. The number of aromatic nitrogens is 5. The number of nitrogens with zero attached hydrogens (tertiary/aromatic N) is 5. The smallest absolute Gasteiger partial charge is 0.226 e. The van der Waals surface area contributed by atoms with Gasteiger partial charge in [-0.3, -0.25) is 0 Å². The first-order chi connectivity index (χ1) is 12.3. The van der Waals surface area contributed by atoms with Crippen molar-refractivity contribution in [2.45, 2.75) is 6.61 Å². The molecule has 2 aromatic carbocycles. The summed E-state index contributed by atoms with van der Waals surface area (Å²) in [7, 11) is 0. The van der Waals surface area contributed by atoms with Crippen molar-refractivity contribution >= 4 is 0 Å². The standard InChI is InChI=1S/C17H12FN5O2/c18-13-4-1-3-12(7-13)17-20-14(10-25-17)9-24-16-6-2-5-15(8-16)23-11-19-21-22-23/h1-8,10-11H,9H2. The predicted octanol–water partition coefficient (Wildman–Crippen LogP) is 3.04. The molecule has 0 fully saturated rings. The Kier molecular flexibility index (Phi) is 3.91. The molecule has 25 heavy (non-hydrogen) atoms. The highest BCUT2D eigenvalue weighted by Crippen LogP contribution is 2.21. The SMILES string of the molecule is Fc1cccc(-c2nc(COc3cccc(-n4cnnn4)c3)co2)c1. The van der Waals surface area contributed by atoms with Gasteiger partial charge in [0.1, 0.15) is 36.5 Å². The highest BCUT2D eigenvalue weighted by atomic mass is 19.1. The number of oxazole rings is 1. The van der Waals surface area contributed by atoms with E-state index >= 15 is 0 Å². The summed E-state index contributed by atoms with van der Waals surface area (Å²) in [6.45, 7) is 0.220. The molecule has 0 N–H and O–H groups in total. The summed E-state index contributed by atoms with van der Waals surface area (Å²) in [5.41, 5.74) is 1.96. The van der Waals surface area contributed by atoms with E-state index in [9.17, 15) is 4.39 Å². The largest absolute Gasteiger partial charge is 0.487 e. The lowest BCUT2D eigenvalue weighted by molar-refractivity contribution is 0.301. The Morgan fingerprint density at radius 1 is 1.12 bits per heavy atom. The first kappa shape index (κ1) is 15.0. The van der Waals surface area contributed by atoms with Crippen LogP contribution in [0.25, 0.3) is 17.1 Å². The first-order valence-corrected chi connectivity index (χ1v) is 7.44. The Hall–Kier alpha value is -3.55. The minimum Gasteiger partial charge on any atom is -0.487 e. The van der Waals surface area contributed by atoms with E-state index in [2.05, 4.69) is 20.5 Å². The van der Waals surface area contributed by atoms with Gasteiger partial charge >= 0.3 is 0 Å². The predicted molar refractivity (Wildman–Crippen MR) is 85.4 cm³/mol. The highest BCUT2D eigenvalue weighted by Gasteiger charge is 2.08. The summed E-state index contributed by atoms with van der Waals surface area (Å²) < 4.78 is 25.9. The molecule has 0 aliphatic heterocycles. The summed E-state index contributed by atoms with van der Waals surface area (Å²) in [6, 6.07) is 13.4. The van der Waals surface area contributed by atoms with Crippen LogP contribution in [0.5, 0.6) is 5.75 Å². The number of hydrogen-bond donors (Lipinski definition) is 0. The van der Waals surface area contributed by atoms with Crippen molar-refractivity contribution in [3.05, 3.63) is 72.6 Å². The van der Waals surface area contributed by atoms with Crippen LogP contribution in [0.15, 0.2) is 65.5 Å².